The van der Waals surface area contributed by atoms with E-state index in [4.69, 9.17) is 4.74 Å². The largest absolute Gasteiger partial charge is 0.466 e. The normalized spacial score (nSPS) is 12.5. The van der Waals surface area contributed by atoms with E-state index in [9.17, 15) is 9.59 Å². The van der Waals surface area contributed by atoms with Gasteiger partial charge in [-0.3, -0.25) is 13.9 Å². The Hall–Kier alpha value is -3.28. The van der Waals surface area contributed by atoms with Crippen LogP contribution in [0.3, 0.4) is 0 Å². The van der Waals surface area contributed by atoms with Gasteiger partial charge < -0.3 is 9.30 Å². The van der Waals surface area contributed by atoms with E-state index in [-0.39, 0.29) is 24.1 Å². The van der Waals surface area contributed by atoms with Crippen LogP contribution in [-0.2, 0) is 23.1 Å². The number of esters is 1. The first-order chi connectivity index (χ1) is 15.5. The van der Waals surface area contributed by atoms with Crippen molar-refractivity contribution >= 4 is 27.9 Å². The van der Waals surface area contributed by atoms with E-state index in [1.807, 2.05) is 35.9 Å². The quantitative estimate of drug-likeness (QED) is 0.370. The van der Waals surface area contributed by atoms with Crippen molar-refractivity contribution < 1.29 is 9.53 Å². The van der Waals surface area contributed by atoms with Gasteiger partial charge in [-0.1, -0.05) is 37.6 Å². The number of hydrogen-bond donors (Lipinski definition) is 0. The van der Waals surface area contributed by atoms with Gasteiger partial charge in [-0.2, -0.15) is 0 Å². The molecule has 0 saturated carbocycles. The van der Waals surface area contributed by atoms with Crippen molar-refractivity contribution in [3.05, 3.63) is 70.3 Å². The fraction of sp³-hybridized carbons (Fsp3) is 0.385. The third-order valence-electron chi connectivity index (χ3n) is 6.19. The number of benzene rings is 2. The molecule has 6 nitrogen and oxygen atoms in total. The molecule has 4 rings (SSSR count). The van der Waals surface area contributed by atoms with Crippen LogP contribution in [0.2, 0.25) is 0 Å². The number of imidazole rings is 1. The van der Waals surface area contributed by atoms with Crippen molar-refractivity contribution in [3.8, 4) is 0 Å². The molecule has 0 N–H and O–H groups in total. The second-order valence-corrected chi connectivity index (χ2v) is 8.41. The lowest BCUT2D eigenvalue weighted by Crippen LogP contribution is -2.29. The highest BCUT2D eigenvalue weighted by atomic mass is 16.5. The molecular formula is C26H31N3O3. The van der Waals surface area contributed by atoms with Crippen molar-refractivity contribution in [1.29, 1.82) is 0 Å². The number of para-hydroxylation sites is 2. The zero-order valence-corrected chi connectivity index (χ0v) is 19.3. The molecule has 2 aromatic carbocycles. The van der Waals surface area contributed by atoms with E-state index in [0.29, 0.717) is 13.2 Å². The number of hydrogen-bond acceptors (Lipinski definition) is 3. The minimum atomic E-state index is -0.264. The van der Waals surface area contributed by atoms with Crippen LogP contribution in [0.1, 0.15) is 50.3 Å². The number of fused-ring (bicyclic) bond motifs is 2. The Kier molecular flexibility index (Phi) is 6.21. The van der Waals surface area contributed by atoms with Crippen LogP contribution >= 0.6 is 0 Å². The predicted octanol–water partition coefficient (Wildman–Crippen LogP) is 4.95. The van der Waals surface area contributed by atoms with Gasteiger partial charge in [-0.25, -0.2) is 4.79 Å². The van der Waals surface area contributed by atoms with Crippen LogP contribution in [0.4, 0.5) is 0 Å². The average molecular weight is 434 g/mol. The van der Waals surface area contributed by atoms with Crippen molar-refractivity contribution in [3.63, 3.8) is 0 Å². The molecule has 1 atom stereocenters. The summed E-state index contributed by atoms with van der Waals surface area (Å²) < 4.78 is 10.9. The lowest BCUT2D eigenvalue weighted by Gasteiger charge is -2.17. The molecule has 0 radical (unpaired) electrons. The number of ether oxygens (including phenoxy) is 1. The third kappa shape index (κ3) is 3.85. The van der Waals surface area contributed by atoms with Gasteiger partial charge in [0.1, 0.15) is 0 Å². The van der Waals surface area contributed by atoms with Gasteiger partial charge in [0.05, 0.1) is 30.6 Å². The standard InChI is InChI=1S/C26H31N3O3/c1-5-10-20(15-24(30)32-6-2)29-22-13-8-7-12-21(22)28(26(29)31)17-19-16-27(4)23-14-9-11-18(3)25(19)23/h7-9,11-14,16,20H,5-6,10,15,17H2,1-4H3. The maximum absolute atomic E-state index is 13.7. The van der Waals surface area contributed by atoms with E-state index < -0.39 is 0 Å². The van der Waals surface area contributed by atoms with Gasteiger partial charge in [0.2, 0.25) is 0 Å². The lowest BCUT2D eigenvalue weighted by molar-refractivity contribution is -0.144. The Balaban J connectivity index is 1.85. The van der Waals surface area contributed by atoms with Gasteiger partial charge in [0, 0.05) is 30.2 Å². The summed E-state index contributed by atoms with van der Waals surface area (Å²) >= 11 is 0. The molecule has 2 heterocycles. The molecular weight excluding hydrogens is 402 g/mol. The van der Waals surface area contributed by atoms with Gasteiger partial charge in [-0.05, 0) is 49.6 Å². The minimum Gasteiger partial charge on any atom is -0.466 e. The van der Waals surface area contributed by atoms with Crippen LogP contribution in [0.5, 0.6) is 0 Å². The maximum Gasteiger partial charge on any atom is 0.329 e. The fourth-order valence-corrected chi connectivity index (χ4v) is 4.83. The first kappa shape index (κ1) is 21.9. The number of nitrogens with zero attached hydrogens (tertiary/aromatic N) is 3. The molecule has 1 unspecified atom stereocenters. The Morgan fingerprint density at radius 2 is 1.75 bits per heavy atom. The Morgan fingerprint density at radius 3 is 2.47 bits per heavy atom. The predicted molar refractivity (Wildman–Crippen MR) is 128 cm³/mol. The first-order valence-electron chi connectivity index (χ1n) is 11.3. The van der Waals surface area contributed by atoms with E-state index in [0.717, 1.165) is 35.0 Å². The highest BCUT2D eigenvalue weighted by Crippen LogP contribution is 2.27. The van der Waals surface area contributed by atoms with Gasteiger partial charge >= 0.3 is 11.7 Å². The highest BCUT2D eigenvalue weighted by molar-refractivity contribution is 5.87. The molecule has 0 saturated heterocycles. The number of carbonyl (C=O) groups excluding carboxylic acids is 1. The molecule has 168 valence electrons. The van der Waals surface area contributed by atoms with Crippen LogP contribution in [0.25, 0.3) is 21.9 Å². The Morgan fingerprint density at radius 1 is 1.03 bits per heavy atom. The van der Waals surface area contributed by atoms with E-state index in [2.05, 4.69) is 42.8 Å². The second kappa shape index (κ2) is 9.07. The number of carbonyl (C=O) groups is 1. The van der Waals surface area contributed by atoms with Crippen LogP contribution in [0, 0.1) is 6.92 Å². The zero-order valence-electron chi connectivity index (χ0n) is 19.3. The lowest BCUT2D eigenvalue weighted by atomic mass is 10.1. The summed E-state index contributed by atoms with van der Waals surface area (Å²) in [4.78, 5) is 26.0. The summed E-state index contributed by atoms with van der Waals surface area (Å²) in [5.41, 5.74) is 5.12. The Labute approximate surface area is 188 Å². The van der Waals surface area contributed by atoms with E-state index in [1.54, 1.807) is 11.5 Å². The molecule has 0 spiro atoms. The molecule has 0 aliphatic carbocycles. The molecule has 2 aromatic heterocycles. The van der Waals surface area contributed by atoms with Crippen LogP contribution in [-0.4, -0.2) is 26.3 Å². The summed E-state index contributed by atoms with van der Waals surface area (Å²) in [6.45, 7) is 6.80. The Bertz CT molecular complexity index is 1330. The molecule has 0 amide bonds. The van der Waals surface area contributed by atoms with Crippen molar-refractivity contribution in [1.82, 2.24) is 13.7 Å². The second-order valence-electron chi connectivity index (χ2n) is 8.41. The van der Waals surface area contributed by atoms with Crippen LogP contribution in [0.15, 0.2) is 53.5 Å². The summed E-state index contributed by atoms with van der Waals surface area (Å²) in [6.07, 6.45) is 3.92. The molecule has 0 bridgehead atoms. The fourth-order valence-electron chi connectivity index (χ4n) is 4.83. The van der Waals surface area contributed by atoms with Crippen molar-refractivity contribution in [2.45, 2.75) is 52.6 Å². The first-order valence-corrected chi connectivity index (χ1v) is 11.3. The van der Waals surface area contributed by atoms with Gasteiger partial charge in [-0.15, -0.1) is 0 Å². The van der Waals surface area contributed by atoms with Gasteiger partial charge in [0.15, 0.2) is 0 Å². The zero-order chi connectivity index (χ0) is 22.8. The third-order valence-corrected chi connectivity index (χ3v) is 6.19. The topological polar surface area (TPSA) is 58.2 Å². The van der Waals surface area contributed by atoms with Crippen LogP contribution < -0.4 is 5.69 Å². The van der Waals surface area contributed by atoms with Crippen molar-refractivity contribution in [2.75, 3.05) is 6.61 Å². The molecule has 32 heavy (non-hydrogen) atoms. The monoisotopic (exact) mass is 433 g/mol. The van der Waals surface area contributed by atoms with Gasteiger partial charge in [0.25, 0.3) is 0 Å². The number of aryl methyl sites for hydroxylation is 2. The molecule has 0 aliphatic heterocycles. The smallest absolute Gasteiger partial charge is 0.329 e. The van der Waals surface area contributed by atoms with Crippen molar-refractivity contribution in [2.24, 2.45) is 7.05 Å². The molecule has 0 aliphatic rings. The summed E-state index contributed by atoms with van der Waals surface area (Å²) in [7, 11) is 2.04. The molecule has 4 aromatic rings. The maximum atomic E-state index is 13.7. The summed E-state index contributed by atoms with van der Waals surface area (Å²) in [5.74, 6) is -0.264. The summed E-state index contributed by atoms with van der Waals surface area (Å²) in [6, 6.07) is 13.9. The minimum absolute atomic E-state index is 0.0838. The highest BCUT2D eigenvalue weighted by Gasteiger charge is 2.23. The molecule has 6 heteroatoms. The summed E-state index contributed by atoms with van der Waals surface area (Å²) in [5, 5.41) is 1.19. The van der Waals surface area contributed by atoms with E-state index >= 15 is 0 Å². The average Bonchev–Trinajstić information content (AvgIpc) is 3.23. The molecule has 0 fully saturated rings. The number of aromatic nitrogens is 3. The SMILES string of the molecule is CCCC(CC(=O)OCC)n1c(=O)n(Cc2cn(C)c3cccc(C)c23)c2ccccc21. The van der Waals surface area contributed by atoms with E-state index in [1.165, 1.54) is 10.9 Å². The number of rotatable bonds is 8.